The fourth-order valence-corrected chi connectivity index (χ4v) is 4.11. The fraction of sp³-hybridized carbons (Fsp3) is 0.391. The number of aryl methyl sites for hydroxylation is 1. The molecule has 0 N–H and O–H groups in total. The molecule has 0 spiro atoms. The highest BCUT2D eigenvalue weighted by Crippen LogP contribution is 2.32. The van der Waals surface area contributed by atoms with Crippen molar-refractivity contribution < 1.29 is 13.2 Å². The summed E-state index contributed by atoms with van der Waals surface area (Å²) in [5.41, 5.74) is 2.08. The molecule has 0 saturated carbocycles. The molecule has 1 aliphatic heterocycles. The zero-order valence-electron chi connectivity index (χ0n) is 16.9. The SMILES string of the molecule is CCn1ccnc1CN1CCC[C@@H]1c1cccc(Cc2ccc(C(F)(F)F)cc2)n1. The first-order valence-electron chi connectivity index (χ1n) is 10.3. The monoisotopic (exact) mass is 414 g/mol. The average Bonchev–Trinajstić information content (AvgIpc) is 3.37. The molecule has 158 valence electrons. The third-order valence-corrected chi connectivity index (χ3v) is 5.69. The van der Waals surface area contributed by atoms with Crippen LogP contribution in [0.2, 0.25) is 0 Å². The minimum atomic E-state index is -4.31. The summed E-state index contributed by atoms with van der Waals surface area (Å²) in [6.45, 7) is 4.80. The molecule has 0 unspecified atom stereocenters. The number of hydrogen-bond acceptors (Lipinski definition) is 3. The Bertz CT molecular complexity index is 979. The number of rotatable bonds is 6. The van der Waals surface area contributed by atoms with Gasteiger partial charge in [-0.25, -0.2) is 4.98 Å². The lowest BCUT2D eigenvalue weighted by Crippen LogP contribution is -2.25. The van der Waals surface area contributed by atoms with E-state index in [0.717, 1.165) is 67.4 Å². The Hall–Kier alpha value is -2.67. The number of likely N-dealkylation sites (tertiary alicyclic amines) is 1. The number of alkyl halides is 3. The van der Waals surface area contributed by atoms with Crippen LogP contribution in [-0.2, 0) is 25.7 Å². The molecule has 0 amide bonds. The van der Waals surface area contributed by atoms with Crippen LogP contribution in [0, 0.1) is 0 Å². The van der Waals surface area contributed by atoms with Crippen molar-refractivity contribution in [2.24, 2.45) is 0 Å². The number of halogens is 3. The highest BCUT2D eigenvalue weighted by molar-refractivity contribution is 5.28. The lowest BCUT2D eigenvalue weighted by atomic mass is 10.1. The van der Waals surface area contributed by atoms with Gasteiger partial charge in [0.1, 0.15) is 5.82 Å². The van der Waals surface area contributed by atoms with Crippen molar-refractivity contribution in [2.45, 2.75) is 51.5 Å². The van der Waals surface area contributed by atoms with Crippen molar-refractivity contribution in [3.05, 3.63) is 83.2 Å². The van der Waals surface area contributed by atoms with Crippen LogP contribution in [0.4, 0.5) is 13.2 Å². The van der Waals surface area contributed by atoms with Crippen molar-refractivity contribution in [3.8, 4) is 0 Å². The van der Waals surface area contributed by atoms with Crippen molar-refractivity contribution in [1.29, 1.82) is 0 Å². The molecule has 2 aromatic heterocycles. The molecule has 7 heteroatoms. The smallest absolute Gasteiger partial charge is 0.334 e. The molecule has 0 aliphatic carbocycles. The second-order valence-electron chi connectivity index (χ2n) is 7.68. The van der Waals surface area contributed by atoms with E-state index in [1.54, 1.807) is 0 Å². The van der Waals surface area contributed by atoms with Gasteiger partial charge in [-0.05, 0) is 56.1 Å². The van der Waals surface area contributed by atoms with Gasteiger partial charge in [-0.2, -0.15) is 13.2 Å². The van der Waals surface area contributed by atoms with E-state index in [4.69, 9.17) is 4.98 Å². The molecular formula is C23H25F3N4. The van der Waals surface area contributed by atoms with Crippen LogP contribution in [0.25, 0.3) is 0 Å². The maximum Gasteiger partial charge on any atom is 0.416 e. The van der Waals surface area contributed by atoms with Gasteiger partial charge in [-0.3, -0.25) is 9.88 Å². The van der Waals surface area contributed by atoms with E-state index in [1.165, 1.54) is 12.1 Å². The number of benzene rings is 1. The lowest BCUT2D eigenvalue weighted by Gasteiger charge is -2.24. The molecule has 1 aliphatic rings. The Labute approximate surface area is 174 Å². The molecule has 3 heterocycles. The van der Waals surface area contributed by atoms with E-state index >= 15 is 0 Å². The quantitative estimate of drug-likeness (QED) is 0.553. The van der Waals surface area contributed by atoms with Gasteiger partial charge in [0, 0.05) is 31.1 Å². The van der Waals surface area contributed by atoms with Gasteiger partial charge in [0.05, 0.1) is 23.8 Å². The van der Waals surface area contributed by atoms with E-state index in [2.05, 4.69) is 21.4 Å². The first-order chi connectivity index (χ1) is 14.4. The van der Waals surface area contributed by atoms with Crippen molar-refractivity contribution in [3.63, 3.8) is 0 Å². The van der Waals surface area contributed by atoms with Crippen LogP contribution in [-0.4, -0.2) is 26.0 Å². The van der Waals surface area contributed by atoms with Gasteiger partial charge in [-0.1, -0.05) is 18.2 Å². The van der Waals surface area contributed by atoms with E-state index in [0.29, 0.717) is 6.42 Å². The zero-order valence-corrected chi connectivity index (χ0v) is 16.9. The minimum Gasteiger partial charge on any atom is -0.334 e. The molecule has 0 bridgehead atoms. The lowest BCUT2D eigenvalue weighted by molar-refractivity contribution is -0.137. The van der Waals surface area contributed by atoms with Crippen LogP contribution in [0.5, 0.6) is 0 Å². The number of pyridine rings is 1. The number of nitrogens with zero attached hydrogens (tertiary/aromatic N) is 4. The highest BCUT2D eigenvalue weighted by Gasteiger charge is 2.30. The maximum absolute atomic E-state index is 12.8. The standard InChI is InChI=1S/C23H25F3N4/c1-2-29-14-12-27-22(29)16-30-13-4-7-21(30)20-6-3-5-19(28-20)15-17-8-10-18(11-9-17)23(24,25)26/h3,5-6,8-12,14,21H,2,4,7,13,15-16H2,1H3/t21-/m1/s1. The van der Waals surface area contributed by atoms with Crippen LogP contribution in [0.1, 0.15) is 54.1 Å². The first-order valence-corrected chi connectivity index (χ1v) is 10.3. The van der Waals surface area contributed by atoms with E-state index in [-0.39, 0.29) is 6.04 Å². The molecule has 1 aromatic carbocycles. The largest absolute Gasteiger partial charge is 0.416 e. The molecule has 1 saturated heterocycles. The summed E-state index contributed by atoms with van der Waals surface area (Å²) in [5, 5.41) is 0. The molecule has 4 nitrogen and oxygen atoms in total. The summed E-state index contributed by atoms with van der Waals surface area (Å²) in [6, 6.07) is 11.5. The number of aromatic nitrogens is 3. The van der Waals surface area contributed by atoms with E-state index < -0.39 is 11.7 Å². The van der Waals surface area contributed by atoms with Gasteiger partial charge in [-0.15, -0.1) is 0 Å². The Morgan fingerprint density at radius 1 is 1.10 bits per heavy atom. The molecule has 3 aromatic rings. The van der Waals surface area contributed by atoms with Gasteiger partial charge in [0.15, 0.2) is 0 Å². The minimum absolute atomic E-state index is 0.236. The topological polar surface area (TPSA) is 34.0 Å². The molecular weight excluding hydrogens is 389 g/mol. The summed E-state index contributed by atoms with van der Waals surface area (Å²) in [4.78, 5) is 11.8. The Balaban J connectivity index is 1.48. The van der Waals surface area contributed by atoms with Gasteiger partial charge in [0.2, 0.25) is 0 Å². The third-order valence-electron chi connectivity index (χ3n) is 5.69. The summed E-state index contributed by atoms with van der Waals surface area (Å²) in [5.74, 6) is 1.06. The Morgan fingerprint density at radius 2 is 1.90 bits per heavy atom. The fourth-order valence-electron chi connectivity index (χ4n) is 4.11. The summed E-state index contributed by atoms with van der Waals surface area (Å²) in [6.07, 6.45) is 2.20. The van der Waals surface area contributed by atoms with Crippen LogP contribution in [0.3, 0.4) is 0 Å². The zero-order chi connectivity index (χ0) is 21.1. The van der Waals surface area contributed by atoms with Crippen LogP contribution in [0.15, 0.2) is 54.9 Å². The van der Waals surface area contributed by atoms with Crippen LogP contribution < -0.4 is 0 Å². The molecule has 1 fully saturated rings. The van der Waals surface area contributed by atoms with Crippen LogP contribution >= 0.6 is 0 Å². The van der Waals surface area contributed by atoms with Crippen molar-refractivity contribution in [1.82, 2.24) is 19.4 Å². The third kappa shape index (κ3) is 4.56. The van der Waals surface area contributed by atoms with E-state index in [9.17, 15) is 13.2 Å². The summed E-state index contributed by atoms with van der Waals surface area (Å²) in [7, 11) is 0. The van der Waals surface area contributed by atoms with Gasteiger partial charge in [0.25, 0.3) is 0 Å². The van der Waals surface area contributed by atoms with Gasteiger partial charge < -0.3 is 4.57 Å². The summed E-state index contributed by atoms with van der Waals surface area (Å²) < 4.78 is 40.5. The molecule has 1 atom stereocenters. The predicted octanol–water partition coefficient (Wildman–Crippen LogP) is 5.24. The average molecular weight is 414 g/mol. The van der Waals surface area contributed by atoms with Gasteiger partial charge >= 0.3 is 6.18 Å². The van der Waals surface area contributed by atoms with Crippen molar-refractivity contribution >= 4 is 0 Å². The first kappa shape index (κ1) is 20.6. The highest BCUT2D eigenvalue weighted by atomic mass is 19.4. The summed E-state index contributed by atoms with van der Waals surface area (Å²) >= 11 is 0. The molecule has 4 rings (SSSR count). The number of hydrogen-bond donors (Lipinski definition) is 0. The Kier molecular flexibility index (Phi) is 5.90. The molecule has 0 radical (unpaired) electrons. The molecule has 30 heavy (non-hydrogen) atoms. The van der Waals surface area contributed by atoms with Crippen molar-refractivity contribution in [2.75, 3.05) is 6.54 Å². The maximum atomic E-state index is 12.8. The van der Waals surface area contributed by atoms with E-state index in [1.807, 2.05) is 30.6 Å². The second-order valence-corrected chi connectivity index (χ2v) is 7.68. The second kappa shape index (κ2) is 8.60. The Morgan fingerprint density at radius 3 is 2.63 bits per heavy atom. The predicted molar refractivity (Wildman–Crippen MR) is 109 cm³/mol. The number of imidazole rings is 1. The normalized spacial score (nSPS) is 17.5.